The van der Waals surface area contributed by atoms with E-state index in [0.717, 1.165) is 51.0 Å². The first kappa shape index (κ1) is 34.9. The van der Waals surface area contributed by atoms with Crippen LogP contribution in [0.2, 0.25) is 0 Å². The molecule has 3 heterocycles. The average Bonchev–Trinajstić information content (AvgIpc) is 3.55. The van der Waals surface area contributed by atoms with Gasteiger partial charge in [0.15, 0.2) is 0 Å². The van der Waals surface area contributed by atoms with Crippen LogP contribution < -0.4 is 4.74 Å². The van der Waals surface area contributed by atoms with Gasteiger partial charge < -0.3 is 9.30 Å². The molecule has 6 heteroatoms. The molecule has 3 aromatic heterocycles. The number of para-hydroxylation sites is 1. The number of benzene rings is 3. The van der Waals surface area contributed by atoms with E-state index in [1.54, 1.807) is 0 Å². The number of allylic oxidation sites excluding steroid dienone is 2. The van der Waals surface area contributed by atoms with Crippen molar-refractivity contribution in [1.29, 1.82) is 0 Å². The van der Waals surface area contributed by atoms with Crippen molar-refractivity contribution >= 4 is 21.8 Å². The van der Waals surface area contributed by atoms with Crippen LogP contribution >= 0.6 is 0 Å². The van der Waals surface area contributed by atoms with Gasteiger partial charge in [0, 0.05) is 40.1 Å². The van der Waals surface area contributed by atoms with Crippen LogP contribution in [0.5, 0.6) is 11.5 Å². The van der Waals surface area contributed by atoms with Gasteiger partial charge in [-0.1, -0.05) is 76.9 Å². The zero-order valence-corrected chi connectivity index (χ0v) is 32.4. The van der Waals surface area contributed by atoms with E-state index in [4.69, 9.17) is 14.8 Å². The van der Waals surface area contributed by atoms with Crippen LogP contribution in [-0.4, -0.2) is 19.3 Å². The fourth-order valence-electron chi connectivity index (χ4n) is 7.62. The standard InChI is InChI=1S/C43H46N4O.Pt/c1-26(2)31-22-32(47-42(43(7,8)9)41(30(6)45-47)40-28(4)13-12-14-29(40)5)24-34(23-31)48-33-17-18-36-35-15-10-11-16-37(35)46(38(36)25-33)39-21-27(3)19-20-44-39;/h10-11,13,15-23,26,29,40H,12,14H2,1-9H3;/q-2;+2/t29-,40?;/m0./s1. The Morgan fingerprint density at radius 2 is 1.69 bits per heavy atom. The summed E-state index contributed by atoms with van der Waals surface area (Å²) in [6, 6.07) is 28.3. The predicted molar refractivity (Wildman–Crippen MR) is 197 cm³/mol. The van der Waals surface area contributed by atoms with Crippen molar-refractivity contribution in [3.05, 3.63) is 119 Å². The Morgan fingerprint density at radius 3 is 2.41 bits per heavy atom. The molecule has 0 spiro atoms. The van der Waals surface area contributed by atoms with E-state index in [-0.39, 0.29) is 26.5 Å². The summed E-state index contributed by atoms with van der Waals surface area (Å²) in [7, 11) is 0. The van der Waals surface area contributed by atoms with Gasteiger partial charge in [0.25, 0.3) is 0 Å². The van der Waals surface area contributed by atoms with E-state index in [1.165, 1.54) is 28.8 Å². The van der Waals surface area contributed by atoms with E-state index in [9.17, 15) is 0 Å². The van der Waals surface area contributed by atoms with Crippen molar-refractivity contribution < 1.29 is 25.8 Å². The molecule has 254 valence electrons. The van der Waals surface area contributed by atoms with E-state index < -0.39 is 0 Å². The van der Waals surface area contributed by atoms with Crippen LogP contribution in [0.3, 0.4) is 0 Å². The summed E-state index contributed by atoms with van der Waals surface area (Å²) in [5.41, 5.74) is 10.3. The topological polar surface area (TPSA) is 44.9 Å². The number of rotatable bonds is 6. The summed E-state index contributed by atoms with van der Waals surface area (Å²) >= 11 is 0. The van der Waals surface area contributed by atoms with Gasteiger partial charge in [-0.3, -0.25) is 4.68 Å². The van der Waals surface area contributed by atoms with Crippen LogP contribution in [-0.2, 0) is 26.5 Å². The SMILES string of the molecule is CC1=CCC[C@H](C)C1c1c(C)nn(-c2[c-]c(Oc3[c-]c4c(cc3)c3ccccc3n4-c3cc(C)ccn3)cc(C(C)C)c2)c1C(C)(C)C.[Pt+2]. The molecule has 0 bridgehead atoms. The molecule has 0 N–H and O–H groups in total. The number of hydrogen-bond donors (Lipinski definition) is 0. The summed E-state index contributed by atoms with van der Waals surface area (Å²) in [6.45, 7) is 20.3. The van der Waals surface area contributed by atoms with Gasteiger partial charge in [-0.25, -0.2) is 4.98 Å². The van der Waals surface area contributed by atoms with Gasteiger partial charge in [0.2, 0.25) is 0 Å². The van der Waals surface area contributed by atoms with Crippen molar-refractivity contribution in [3.8, 4) is 23.0 Å². The largest absolute Gasteiger partial charge is 2.00 e. The molecule has 1 aliphatic carbocycles. The van der Waals surface area contributed by atoms with Crippen molar-refractivity contribution in [2.24, 2.45) is 5.92 Å². The molecule has 0 amide bonds. The van der Waals surface area contributed by atoms with Crippen molar-refractivity contribution in [2.75, 3.05) is 0 Å². The van der Waals surface area contributed by atoms with Gasteiger partial charge in [-0.15, -0.1) is 41.3 Å². The van der Waals surface area contributed by atoms with Crippen LogP contribution in [0.1, 0.15) is 101 Å². The van der Waals surface area contributed by atoms with Crippen LogP contribution in [0.15, 0.2) is 78.5 Å². The number of aryl methyl sites for hydroxylation is 2. The third-order valence-electron chi connectivity index (χ3n) is 9.93. The van der Waals surface area contributed by atoms with Gasteiger partial charge in [0.05, 0.1) is 11.4 Å². The smallest absolute Gasteiger partial charge is 0.509 e. The molecule has 0 radical (unpaired) electrons. The molecule has 1 aliphatic rings. The third-order valence-corrected chi connectivity index (χ3v) is 9.93. The molecule has 7 rings (SSSR count). The Labute approximate surface area is 305 Å². The van der Waals surface area contributed by atoms with E-state index >= 15 is 0 Å². The van der Waals surface area contributed by atoms with Crippen LogP contribution in [0, 0.1) is 31.9 Å². The maximum absolute atomic E-state index is 6.67. The molecule has 6 aromatic rings. The van der Waals surface area contributed by atoms with Crippen molar-refractivity contribution in [3.63, 3.8) is 0 Å². The monoisotopic (exact) mass is 829 g/mol. The zero-order valence-electron chi connectivity index (χ0n) is 30.1. The van der Waals surface area contributed by atoms with E-state index in [2.05, 4.69) is 138 Å². The average molecular weight is 830 g/mol. The molecule has 0 saturated carbocycles. The molecule has 0 aliphatic heterocycles. The molecule has 2 atom stereocenters. The van der Waals surface area contributed by atoms with Gasteiger partial charge in [-0.05, 0) is 80.3 Å². The Balaban J connectivity index is 0.00000417. The maximum Gasteiger partial charge on any atom is 2.00 e. The number of aromatic nitrogens is 4. The Hall–Kier alpha value is -3.95. The quantitative estimate of drug-likeness (QED) is 0.124. The van der Waals surface area contributed by atoms with E-state index in [1.807, 2.05) is 18.3 Å². The van der Waals surface area contributed by atoms with Crippen LogP contribution in [0.4, 0.5) is 0 Å². The molecule has 0 saturated heterocycles. The second-order valence-corrected chi connectivity index (χ2v) is 15.0. The number of pyridine rings is 1. The third kappa shape index (κ3) is 6.43. The van der Waals surface area contributed by atoms with Crippen molar-refractivity contribution in [1.82, 2.24) is 19.3 Å². The first-order valence-electron chi connectivity index (χ1n) is 17.3. The van der Waals surface area contributed by atoms with E-state index in [0.29, 0.717) is 29.3 Å². The number of fused-ring (bicyclic) bond motifs is 3. The molecular formula is C43H46N4OPt. The van der Waals surface area contributed by atoms with Gasteiger partial charge in [0.1, 0.15) is 5.82 Å². The first-order chi connectivity index (χ1) is 22.9. The summed E-state index contributed by atoms with van der Waals surface area (Å²) in [6.07, 6.45) is 6.63. The molecule has 1 unspecified atom stereocenters. The minimum absolute atomic E-state index is 0. The summed E-state index contributed by atoms with van der Waals surface area (Å²) in [4.78, 5) is 4.73. The summed E-state index contributed by atoms with van der Waals surface area (Å²) in [5.74, 6) is 3.37. The molecule has 3 aromatic carbocycles. The minimum Gasteiger partial charge on any atom is -0.509 e. The Bertz CT molecular complexity index is 2200. The van der Waals surface area contributed by atoms with Crippen LogP contribution in [0.25, 0.3) is 33.3 Å². The maximum atomic E-state index is 6.67. The minimum atomic E-state index is -0.132. The number of nitrogens with zero attached hydrogens (tertiary/aromatic N) is 4. The summed E-state index contributed by atoms with van der Waals surface area (Å²) < 4.78 is 11.0. The second kappa shape index (κ2) is 13.4. The van der Waals surface area contributed by atoms with Crippen molar-refractivity contribution in [2.45, 2.75) is 92.4 Å². The summed E-state index contributed by atoms with van der Waals surface area (Å²) in [5, 5.41) is 7.51. The Morgan fingerprint density at radius 1 is 0.918 bits per heavy atom. The second-order valence-electron chi connectivity index (χ2n) is 15.0. The molecule has 49 heavy (non-hydrogen) atoms. The first-order valence-corrected chi connectivity index (χ1v) is 17.3. The molecule has 5 nitrogen and oxygen atoms in total. The van der Waals surface area contributed by atoms with Gasteiger partial charge in [-0.2, -0.15) is 11.2 Å². The number of ether oxygens (including phenoxy) is 1. The Kier molecular flexibility index (Phi) is 9.54. The van der Waals surface area contributed by atoms with Gasteiger partial charge >= 0.3 is 21.1 Å². The molecular weight excluding hydrogens is 784 g/mol. The predicted octanol–water partition coefficient (Wildman–Crippen LogP) is 11.3. The normalized spacial score (nSPS) is 16.7. The zero-order chi connectivity index (χ0) is 33.9. The fraction of sp³-hybridized carbons (Fsp3) is 0.349. The fourth-order valence-corrected chi connectivity index (χ4v) is 7.62. The molecule has 0 fully saturated rings. The number of hydrogen-bond acceptors (Lipinski definition) is 3.